The van der Waals surface area contributed by atoms with Gasteiger partial charge in [0.2, 0.25) is 11.1 Å². The second-order valence-electron chi connectivity index (χ2n) is 3.99. The molecule has 19 heavy (non-hydrogen) atoms. The summed E-state index contributed by atoms with van der Waals surface area (Å²) in [5, 5.41) is 13.8. The lowest BCUT2D eigenvalue weighted by Crippen LogP contribution is -2.29. The van der Waals surface area contributed by atoms with Crippen LogP contribution in [-0.4, -0.2) is 46.0 Å². The highest BCUT2D eigenvalue weighted by Gasteiger charge is 2.16. The summed E-state index contributed by atoms with van der Waals surface area (Å²) in [5.41, 5.74) is -0.164. The minimum absolute atomic E-state index is 0.00555. The molecule has 0 spiro atoms. The van der Waals surface area contributed by atoms with Gasteiger partial charge in [-0.3, -0.25) is 10.1 Å². The molecule has 0 aromatic carbocycles. The van der Waals surface area contributed by atoms with E-state index in [4.69, 9.17) is 11.6 Å². The van der Waals surface area contributed by atoms with Gasteiger partial charge in [0.25, 0.3) is 0 Å². The fraction of sp³-hybridized carbons (Fsp3) is 0.636. The van der Waals surface area contributed by atoms with Crippen LogP contribution in [0.15, 0.2) is 6.20 Å². The summed E-state index contributed by atoms with van der Waals surface area (Å²) in [6, 6.07) is 0. The predicted molar refractivity (Wildman–Crippen MR) is 74.6 cm³/mol. The van der Waals surface area contributed by atoms with Crippen LogP contribution in [0.5, 0.6) is 0 Å². The maximum absolute atomic E-state index is 10.8. The standard InChI is InChI=1S/C11H18ClN5O2/c1-3-6-16(4-2)7-5-13-10-9(17(18)19)8-14-11(12)15-10/h8H,3-7H2,1-2H3,(H,13,14,15). The Hall–Kier alpha value is -1.47. The molecule has 0 bridgehead atoms. The lowest BCUT2D eigenvalue weighted by atomic mass is 10.4. The van der Waals surface area contributed by atoms with Crippen LogP contribution in [0, 0.1) is 10.1 Å². The first-order valence-electron chi connectivity index (χ1n) is 6.21. The van der Waals surface area contributed by atoms with Crippen molar-refractivity contribution in [1.29, 1.82) is 0 Å². The van der Waals surface area contributed by atoms with Gasteiger partial charge in [-0.15, -0.1) is 0 Å². The van der Waals surface area contributed by atoms with Gasteiger partial charge in [-0.25, -0.2) is 4.98 Å². The number of likely N-dealkylation sites (N-methyl/N-ethyl adjacent to an activating group) is 1. The summed E-state index contributed by atoms with van der Waals surface area (Å²) >= 11 is 5.64. The second-order valence-corrected chi connectivity index (χ2v) is 4.33. The summed E-state index contributed by atoms with van der Waals surface area (Å²) in [5.74, 6) is 0.164. The van der Waals surface area contributed by atoms with Gasteiger partial charge >= 0.3 is 5.69 Å². The van der Waals surface area contributed by atoms with Crippen molar-refractivity contribution in [3.05, 3.63) is 21.6 Å². The highest BCUT2D eigenvalue weighted by molar-refractivity contribution is 6.28. The van der Waals surface area contributed by atoms with Crippen LogP contribution < -0.4 is 5.32 Å². The number of aromatic nitrogens is 2. The van der Waals surface area contributed by atoms with Gasteiger partial charge in [0, 0.05) is 13.1 Å². The molecule has 0 radical (unpaired) electrons. The molecule has 1 rings (SSSR count). The molecule has 7 nitrogen and oxygen atoms in total. The monoisotopic (exact) mass is 287 g/mol. The third-order valence-electron chi connectivity index (χ3n) is 2.64. The van der Waals surface area contributed by atoms with E-state index < -0.39 is 4.92 Å². The van der Waals surface area contributed by atoms with E-state index in [9.17, 15) is 10.1 Å². The summed E-state index contributed by atoms with van der Waals surface area (Å²) in [6.45, 7) is 7.52. The van der Waals surface area contributed by atoms with Gasteiger partial charge in [0.05, 0.1) is 4.92 Å². The molecule has 0 saturated heterocycles. The Balaban J connectivity index is 2.61. The molecule has 0 saturated carbocycles. The largest absolute Gasteiger partial charge is 0.363 e. The number of halogens is 1. The van der Waals surface area contributed by atoms with Crippen molar-refractivity contribution >= 4 is 23.1 Å². The van der Waals surface area contributed by atoms with E-state index in [0.717, 1.165) is 32.3 Å². The molecule has 0 aliphatic heterocycles. The Labute approximate surface area is 117 Å². The Kier molecular flexibility index (Phi) is 6.44. The first kappa shape index (κ1) is 15.6. The number of nitrogens with zero attached hydrogens (tertiary/aromatic N) is 4. The number of nitrogens with one attached hydrogen (secondary N) is 1. The molecular formula is C11H18ClN5O2. The van der Waals surface area contributed by atoms with E-state index in [1.807, 2.05) is 0 Å². The molecule has 0 atom stereocenters. The lowest BCUT2D eigenvalue weighted by molar-refractivity contribution is -0.384. The molecule has 0 fully saturated rings. The quantitative estimate of drug-likeness (QED) is 0.448. The van der Waals surface area contributed by atoms with Crippen molar-refractivity contribution in [3.8, 4) is 0 Å². The zero-order chi connectivity index (χ0) is 14.3. The normalized spacial score (nSPS) is 10.7. The van der Waals surface area contributed by atoms with Crippen molar-refractivity contribution in [2.24, 2.45) is 0 Å². The fourth-order valence-electron chi connectivity index (χ4n) is 1.69. The summed E-state index contributed by atoms with van der Waals surface area (Å²) < 4.78 is 0. The fourth-order valence-corrected chi connectivity index (χ4v) is 1.83. The van der Waals surface area contributed by atoms with Gasteiger partial charge in [0.1, 0.15) is 6.20 Å². The van der Waals surface area contributed by atoms with Crippen molar-refractivity contribution in [1.82, 2.24) is 14.9 Å². The molecule has 1 aromatic heterocycles. The average molecular weight is 288 g/mol. The van der Waals surface area contributed by atoms with Crippen LogP contribution in [0.1, 0.15) is 20.3 Å². The van der Waals surface area contributed by atoms with E-state index in [1.54, 1.807) is 0 Å². The van der Waals surface area contributed by atoms with Gasteiger partial charge in [-0.1, -0.05) is 13.8 Å². The van der Waals surface area contributed by atoms with Crippen molar-refractivity contribution < 1.29 is 4.92 Å². The third kappa shape index (κ3) is 4.96. The van der Waals surface area contributed by atoms with Crippen LogP contribution in [0.3, 0.4) is 0 Å². The van der Waals surface area contributed by atoms with Crippen LogP contribution in [0.25, 0.3) is 0 Å². The number of rotatable bonds is 8. The maximum atomic E-state index is 10.8. The van der Waals surface area contributed by atoms with E-state index in [1.165, 1.54) is 0 Å². The van der Waals surface area contributed by atoms with E-state index in [0.29, 0.717) is 6.54 Å². The van der Waals surface area contributed by atoms with Crippen LogP contribution in [-0.2, 0) is 0 Å². The highest BCUT2D eigenvalue weighted by atomic mass is 35.5. The molecule has 8 heteroatoms. The smallest absolute Gasteiger partial charge is 0.329 e. The Morgan fingerprint density at radius 3 is 2.79 bits per heavy atom. The van der Waals surface area contributed by atoms with Gasteiger partial charge < -0.3 is 10.2 Å². The zero-order valence-electron chi connectivity index (χ0n) is 11.1. The molecule has 1 heterocycles. The lowest BCUT2D eigenvalue weighted by Gasteiger charge is -2.19. The molecule has 0 aliphatic carbocycles. The maximum Gasteiger partial charge on any atom is 0.329 e. The topological polar surface area (TPSA) is 84.2 Å². The minimum atomic E-state index is -0.526. The average Bonchev–Trinajstić information content (AvgIpc) is 2.37. The van der Waals surface area contributed by atoms with Crippen molar-refractivity contribution in [3.63, 3.8) is 0 Å². The van der Waals surface area contributed by atoms with Crippen LogP contribution in [0.4, 0.5) is 11.5 Å². The van der Waals surface area contributed by atoms with Crippen LogP contribution >= 0.6 is 11.6 Å². The predicted octanol–water partition coefficient (Wildman–Crippen LogP) is 2.18. The van der Waals surface area contributed by atoms with Gasteiger partial charge in [-0.2, -0.15) is 4.98 Å². The molecule has 1 N–H and O–H groups in total. The van der Waals surface area contributed by atoms with Gasteiger partial charge in [0.15, 0.2) is 0 Å². The Morgan fingerprint density at radius 1 is 1.47 bits per heavy atom. The third-order valence-corrected chi connectivity index (χ3v) is 2.83. The molecular weight excluding hydrogens is 270 g/mol. The number of hydrogen-bond acceptors (Lipinski definition) is 6. The number of nitro groups is 1. The highest BCUT2D eigenvalue weighted by Crippen LogP contribution is 2.21. The molecule has 0 aliphatic rings. The van der Waals surface area contributed by atoms with E-state index >= 15 is 0 Å². The summed E-state index contributed by atoms with van der Waals surface area (Å²) in [4.78, 5) is 20.0. The Bertz CT molecular complexity index is 430. The molecule has 1 aromatic rings. The minimum Gasteiger partial charge on any atom is -0.363 e. The van der Waals surface area contributed by atoms with E-state index in [2.05, 4.69) is 34.0 Å². The zero-order valence-corrected chi connectivity index (χ0v) is 11.9. The second kappa shape index (κ2) is 7.85. The van der Waals surface area contributed by atoms with Gasteiger partial charge in [-0.05, 0) is 31.1 Å². The summed E-state index contributed by atoms with van der Waals surface area (Å²) in [7, 11) is 0. The van der Waals surface area contributed by atoms with Crippen molar-refractivity contribution in [2.45, 2.75) is 20.3 Å². The van der Waals surface area contributed by atoms with Crippen LogP contribution in [0.2, 0.25) is 5.28 Å². The summed E-state index contributed by atoms with van der Waals surface area (Å²) in [6.07, 6.45) is 2.19. The molecule has 106 valence electrons. The Morgan fingerprint density at radius 2 is 2.21 bits per heavy atom. The van der Waals surface area contributed by atoms with Crippen molar-refractivity contribution in [2.75, 3.05) is 31.5 Å². The molecule has 0 amide bonds. The first-order chi connectivity index (χ1) is 9.08. The van der Waals surface area contributed by atoms with E-state index in [-0.39, 0.29) is 16.8 Å². The number of hydrogen-bond donors (Lipinski definition) is 1. The first-order valence-corrected chi connectivity index (χ1v) is 6.59. The SMILES string of the molecule is CCCN(CC)CCNc1nc(Cl)ncc1[N+](=O)[O-]. The number of anilines is 1. The molecule has 0 unspecified atom stereocenters.